The third-order valence-corrected chi connectivity index (χ3v) is 2.82. The summed E-state index contributed by atoms with van der Waals surface area (Å²) < 4.78 is 4.85. The van der Waals surface area contributed by atoms with Crippen LogP contribution in [0.1, 0.15) is 24.8 Å². The highest BCUT2D eigenvalue weighted by molar-refractivity contribution is 5.72. The van der Waals surface area contributed by atoms with Crippen molar-refractivity contribution in [3.63, 3.8) is 0 Å². The van der Waals surface area contributed by atoms with Crippen LogP contribution >= 0.6 is 0 Å². The number of carbonyl (C=O) groups excluding carboxylic acids is 1. The van der Waals surface area contributed by atoms with E-state index in [2.05, 4.69) is 6.58 Å². The van der Waals surface area contributed by atoms with Crippen LogP contribution < -0.4 is 0 Å². The maximum Gasteiger partial charge on any atom is 0.308 e. The summed E-state index contributed by atoms with van der Waals surface area (Å²) in [6, 6.07) is 10.1. The summed E-state index contributed by atoms with van der Waals surface area (Å²) in [5.41, 5.74) is 1.18. The van der Waals surface area contributed by atoms with Crippen molar-refractivity contribution < 1.29 is 9.53 Å². The molecular formula is C15H20O2. The van der Waals surface area contributed by atoms with E-state index in [1.807, 2.05) is 36.4 Å². The molecule has 1 aromatic carbocycles. The molecule has 1 atom stereocenters. The standard InChI is InChI=1S/C15H20O2/c1-3-4-6-11-14(15(16)17-2)12-13-9-7-5-8-10-13/h3,5,7-10,14H,1,4,6,11-12H2,2H3. The summed E-state index contributed by atoms with van der Waals surface area (Å²) in [7, 11) is 1.45. The fourth-order valence-corrected chi connectivity index (χ4v) is 1.88. The van der Waals surface area contributed by atoms with Gasteiger partial charge in [-0.25, -0.2) is 0 Å². The molecule has 0 bridgehead atoms. The molecule has 0 spiro atoms. The molecule has 0 aliphatic heterocycles. The minimum atomic E-state index is -0.113. The molecule has 1 aromatic rings. The zero-order valence-corrected chi connectivity index (χ0v) is 10.4. The predicted molar refractivity (Wildman–Crippen MR) is 69.7 cm³/mol. The summed E-state index contributed by atoms with van der Waals surface area (Å²) in [5.74, 6) is -0.153. The lowest BCUT2D eigenvalue weighted by Crippen LogP contribution is -2.18. The number of hydrogen-bond donors (Lipinski definition) is 0. The number of rotatable bonds is 7. The number of benzene rings is 1. The van der Waals surface area contributed by atoms with Gasteiger partial charge in [0.05, 0.1) is 13.0 Å². The Balaban J connectivity index is 2.57. The van der Waals surface area contributed by atoms with E-state index in [1.54, 1.807) is 0 Å². The highest BCUT2D eigenvalue weighted by Crippen LogP contribution is 2.17. The number of hydrogen-bond acceptors (Lipinski definition) is 2. The Kier molecular flexibility index (Phi) is 6.08. The van der Waals surface area contributed by atoms with Crippen molar-refractivity contribution >= 4 is 5.97 Å². The van der Waals surface area contributed by atoms with E-state index in [-0.39, 0.29) is 11.9 Å². The summed E-state index contributed by atoms with van der Waals surface area (Å²) in [4.78, 5) is 11.7. The quantitative estimate of drug-likeness (QED) is 0.409. The molecule has 0 aromatic heterocycles. The van der Waals surface area contributed by atoms with E-state index in [0.717, 1.165) is 25.7 Å². The molecule has 0 amide bonds. The van der Waals surface area contributed by atoms with Crippen LogP contribution in [0.4, 0.5) is 0 Å². The second-order valence-electron chi connectivity index (χ2n) is 4.13. The molecule has 0 fully saturated rings. The molecule has 0 N–H and O–H groups in total. The molecule has 17 heavy (non-hydrogen) atoms. The van der Waals surface area contributed by atoms with Gasteiger partial charge < -0.3 is 4.74 Å². The van der Waals surface area contributed by atoms with Gasteiger partial charge in [-0.3, -0.25) is 4.79 Å². The van der Waals surface area contributed by atoms with Crippen LogP contribution in [0.5, 0.6) is 0 Å². The lowest BCUT2D eigenvalue weighted by Gasteiger charge is -2.14. The summed E-state index contributed by atoms with van der Waals surface area (Å²) in [5, 5.41) is 0. The Hall–Kier alpha value is -1.57. The van der Waals surface area contributed by atoms with Crippen LogP contribution in [0.3, 0.4) is 0 Å². The first-order valence-corrected chi connectivity index (χ1v) is 6.00. The zero-order valence-electron chi connectivity index (χ0n) is 10.4. The molecule has 0 aliphatic rings. The minimum absolute atomic E-state index is 0.0395. The van der Waals surface area contributed by atoms with E-state index >= 15 is 0 Å². The van der Waals surface area contributed by atoms with Crippen molar-refractivity contribution in [2.75, 3.05) is 7.11 Å². The molecule has 0 saturated carbocycles. The predicted octanol–water partition coefficient (Wildman–Crippen LogP) is 3.37. The van der Waals surface area contributed by atoms with Crippen molar-refractivity contribution in [2.45, 2.75) is 25.7 Å². The number of ether oxygens (including phenoxy) is 1. The molecule has 1 rings (SSSR count). The van der Waals surface area contributed by atoms with Gasteiger partial charge in [-0.15, -0.1) is 6.58 Å². The number of carbonyl (C=O) groups is 1. The van der Waals surface area contributed by atoms with Gasteiger partial charge in [0.2, 0.25) is 0 Å². The fourth-order valence-electron chi connectivity index (χ4n) is 1.88. The second-order valence-corrected chi connectivity index (χ2v) is 4.13. The molecule has 0 aliphatic carbocycles. The van der Waals surface area contributed by atoms with E-state index in [4.69, 9.17) is 4.74 Å². The van der Waals surface area contributed by atoms with Gasteiger partial charge in [-0.2, -0.15) is 0 Å². The summed E-state index contributed by atoms with van der Waals surface area (Å²) in [6.45, 7) is 3.69. The molecule has 0 saturated heterocycles. The Labute approximate surface area is 103 Å². The maximum absolute atomic E-state index is 11.7. The van der Waals surface area contributed by atoms with E-state index in [9.17, 15) is 4.79 Å². The van der Waals surface area contributed by atoms with Crippen molar-refractivity contribution in [3.05, 3.63) is 48.6 Å². The lowest BCUT2D eigenvalue weighted by molar-refractivity contribution is -0.145. The molecular weight excluding hydrogens is 212 g/mol. The van der Waals surface area contributed by atoms with Crippen molar-refractivity contribution in [1.82, 2.24) is 0 Å². The lowest BCUT2D eigenvalue weighted by atomic mass is 9.94. The number of methoxy groups -OCH3 is 1. The van der Waals surface area contributed by atoms with Crippen molar-refractivity contribution in [2.24, 2.45) is 5.92 Å². The molecule has 2 nitrogen and oxygen atoms in total. The average molecular weight is 232 g/mol. The number of allylic oxidation sites excluding steroid dienone is 1. The van der Waals surface area contributed by atoms with Gasteiger partial charge in [0.15, 0.2) is 0 Å². The fraction of sp³-hybridized carbons (Fsp3) is 0.400. The maximum atomic E-state index is 11.7. The highest BCUT2D eigenvalue weighted by Gasteiger charge is 2.18. The first-order chi connectivity index (χ1) is 8.27. The molecule has 2 heteroatoms. The van der Waals surface area contributed by atoms with Crippen molar-refractivity contribution in [3.8, 4) is 0 Å². The monoisotopic (exact) mass is 232 g/mol. The molecule has 0 radical (unpaired) electrons. The zero-order chi connectivity index (χ0) is 12.5. The van der Waals surface area contributed by atoms with Gasteiger partial charge in [-0.1, -0.05) is 36.4 Å². The van der Waals surface area contributed by atoms with Crippen LogP contribution in [-0.2, 0) is 16.0 Å². The third-order valence-electron chi connectivity index (χ3n) is 2.82. The normalized spacial score (nSPS) is 11.8. The smallest absolute Gasteiger partial charge is 0.308 e. The van der Waals surface area contributed by atoms with Gasteiger partial charge in [-0.05, 0) is 31.2 Å². The van der Waals surface area contributed by atoms with E-state index in [0.29, 0.717) is 0 Å². The first kappa shape index (κ1) is 13.5. The number of unbranched alkanes of at least 4 members (excludes halogenated alkanes) is 1. The Morgan fingerprint density at radius 1 is 1.41 bits per heavy atom. The summed E-state index contributed by atoms with van der Waals surface area (Å²) >= 11 is 0. The Morgan fingerprint density at radius 2 is 2.12 bits per heavy atom. The third kappa shape index (κ3) is 4.85. The van der Waals surface area contributed by atoms with Crippen LogP contribution in [0.15, 0.2) is 43.0 Å². The van der Waals surface area contributed by atoms with Crippen LogP contribution in [0, 0.1) is 5.92 Å². The summed E-state index contributed by atoms with van der Waals surface area (Å²) in [6.07, 6.45) is 5.42. The first-order valence-electron chi connectivity index (χ1n) is 6.00. The Bertz CT molecular complexity index is 343. The molecule has 0 heterocycles. The van der Waals surface area contributed by atoms with E-state index < -0.39 is 0 Å². The van der Waals surface area contributed by atoms with Crippen LogP contribution in [-0.4, -0.2) is 13.1 Å². The van der Waals surface area contributed by atoms with Crippen LogP contribution in [0.25, 0.3) is 0 Å². The molecule has 92 valence electrons. The second kappa shape index (κ2) is 7.66. The average Bonchev–Trinajstić information content (AvgIpc) is 2.38. The molecule has 1 unspecified atom stereocenters. The highest BCUT2D eigenvalue weighted by atomic mass is 16.5. The minimum Gasteiger partial charge on any atom is -0.469 e. The van der Waals surface area contributed by atoms with Crippen molar-refractivity contribution in [1.29, 1.82) is 0 Å². The van der Waals surface area contributed by atoms with Gasteiger partial charge >= 0.3 is 5.97 Å². The SMILES string of the molecule is C=CCCCC(Cc1ccccc1)C(=O)OC. The topological polar surface area (TPSA) is 26.3 Å². The van der Waals surface area contributed by atoms with E-state index in [1.165, 1.54) is 12.7 Å². The Morgan fingerprint density at radius 3 is 2.71 bits per heavy atom. The largest absolute Gasteiger partial charge is 0.469 e. The van der Waals surface area contributed by atoms with Gasteiger partial charge in [0, 0.05) is 0 Å². The number of esters is 1. The van der Waals surface area contributed by atoms with Crippen LogP contribution in [0.2, 0.25) is 0 Å². The van der Waals surface area contributed by atoms with Gasteiger partial charge in [0.1, 0.15) is 0 Å². The van der Waals surface area contributed by atoms with Gasteiger partial charge in [0.25, 0.3) is 0 Å².